The molecule has 1 fully saturated rings. The Bertz CT molecular complexity index is 1640. The van der Waals surface area contributed by atoms with E-state index in [-0.39, 0.29) is 23.8 Å². The quantitative estimate of drug-likeness (QED) is 0.282. The molecule has 192 valence electrons. The van der Waals surface area contributed by atoms with Crippen LogP contribution < -0.4 is 9.44 Å². The minimum Gasteiger partial charge on any atom is -0.342 e. The number of hydrogen-bond donors (Lipinski definition) is 3. The van der Waals surface area contributed by atoms with Crippen LogP contribution in [0.15, 0.2) is 82.2 Å². The lowest BCUT2D eigenvalue weighted by Gasteiger charge is -2.17. The molecule has 3 N–H and O–H groups in total. The summed E-state index contributed by atoms with van der Waals surface area (Å²) in [7, 11) is -7.49. The Labute approximate surface area is 222 Å². The van der Waals surface area contributed by atoms with E-state index in [4.69, 9.17) is 0 Å². The molecule has 1 amide bonds. The lowest BCUT2D eigenvalue weighted by atomic mass is 9.97. The second-order valence-corrected chi connectivity index (χ2v) is 13.4. The van der Waals surface area contributed by atoms with Crippen LogP contribution in [0, 0.1) is 0 Å². The van der Waals surface area contributed by atoms with E-state index in [9.17, 15) is 21.6 Å². The van der Waals surface area contributed by atoms with Crippen LogP contribution in [0.1, 0.15) is 34.5 Å². The first-order valence-corrected chi connectivity index (χ1v) is 15.3. The number of rotatable bonds is 8. The lowest BCUT2D eigenvalue weighted by molar-refractivity contribution is -0.118. The van der Waals surface area contributed by atoms with Crippen LogP contribution in [0.2, 0.25) is 0 Å². The van der Waals surface area contributed by atoms with Crippen LogP contribution in [0.3, 0.4) is 0 Å². The number of benzene rings is 3. The molecule has 0 saturated carbocycles. The summed E-state index contributed by atoms with van der Waals surface area (Å²) in [6.07, 6.45) is 0.332. The standard InChI is InChI=1S/C25H23BrN4O5S2/c26-19-9-11-20(12-10-19)36(32,33)27-15-18(25-28-21-3-1-2-4-22(21)29-25)13-16-5-7-17(8-6-16)23-14-24(31)30-37(23,34)35/h1-12,18,23,27H,13-15H2,(H,28,29)(H,30,31)/t18-,23?/m1/s1. The lowest BCUT2D eigenvalue weighted by Crippen LogP contribution is -2.30. The molecule has 2 heterocycles. The Balaban J connectivity index is 1.40. The molecule has 0 aliphatic carbocycles. The van der Waals surface area contributed by atoms with Crippen molar-refractivity contribution in [1.29, 1.82) is 0 Å². The Morgan fingerprint density at radius 1 is 1.03 bits per heavy atom. The molecular formula is C25H23BrN4O5S2. The van der Waals surface area contributed by atoms with Gasteiger partial charge in [0, 0.05) is 16.9 Å². The fraction of sp³-hybridized carbons (Fsp3) is 0.200. The highest BCUT2D eigenvalue weighted by molar-refractivity contribution is 9.10. The van der Waals surface area contributed by atoms with Gasteiger partial charge in [0.15, 0.2) is 0 Å². The third-order valence-electron chi connectivity index (χ3n) is 6.27. The van der Waals surface area contributed by atoms with Crippen molar-refractivity contribution < 1.29 is 21.6 Å². The summed E-state index contributed by atoms with van der Waals surface area (Å²) in [6, 6.07) is 20.9. The molecule has 9 nitrogen and oxygen atoms in total. The Morgan fingerprint density at radius 3 is 2.38 bits per heavy atom. The average molecular weight is 604 g/mol. The zero-order valence-electron chi connectivity index (χ0n) is 19.4. The number of nitrogens with one attached hydrogen (secondary N) is 3. The molecule has 1 unspecified atom stereocenters. The van der Waals surface area contributed by atoms with E-state index < -0.39 is 31.2 Å². The van der Waals surface area contributed by atoms with Crippen molar-refractivity contribution >= 4 is 52.9 Å². The third-order valence-corrected chi connectivity index (χ3v) is 9.94. The minimum absolute atomic E-state index is 0.0927. The number of carbonyl (C=O) groups is 1. The van der Waals surface area contributed by atoms with Crippen molar-refractivity contribution in [3.05, 3.63) is 94.2 Å². The van der Waals surface area contributed by atoms with Gasteiger partial charge in [-0.2, -0.15) is 0 Å². The van der Waals surface area contributed by atoms with Gasteiger partial charge >= 0.3 is 0 Å². The van der Waals surface area contributed by atoms with Crippen molar-refractivity contribution in [3.8, 4) is 0 Å². The average Bonchev–Trinajstić information content (AvgIpc) is 3.41. The fourth-order valence-corrected chi connectivity index (χ4v) is 7.11. The zero-order valence-corrected chi connectivity index (χ0v) is 22.6. The van der Waals surface area contributed by atoms with Gasteiger partial charge in [0.2, 0.25) is 26.0 Å². The number of para-hydroxylation sites is 2. The number of nitrogens with zero attached hydrogens (tertiary/aromatic N) is 1. The number of carbonyl (C=O) groups excluding carboxylic acids is 1. The van der Waals surface area contributed by atoms with Gasteiger partial charge in [0.05, 0.1) is 22.3 Å². The van der Waals surface area contributed by atoms with Crippen molar-refractivity contribution in [1.82, 2.24) is 19.4 Å². The highest BCUT2D eigenvalue weighted by Crippen LogP contribution is 2.31. The molecule has 1 aliphatic rings. The molecule has 1 aliphatic heterocycles. The van der Waals surface area contributed by atoms with Crippen LogP contribution in [0.25, 0.3) is 11.0 Å². The molecule has 0 spiro atoms. The van der Waals surface area contributed by atoms with Gasteiger partial charge in [-0.1, -0.05) is 52.3 Å². The predicted octanol–water partition coefficient (Wildman–Crippen LogP) is 3.52. The van der Waals surface area contributed by atoms with E-state index in [1.54, 1.807) is 36.4 Å². The van der Waals surface area contributed by atoms with Crippen LogP contribution in [0.4, 0.5) is 0 Å². The number of imidazole rings is 1. The third kappa shape index (κ3) is 5.61. The Kier molecular flexibility index (Phi) is 6.92. The predicted molar refractivity (Wildman–Crippen MR) is 143 cm³/mol. The molecule has 1 aromatic heterocycles. The number of hydrogen-bond acceptors (Lipinski definition) is 6. The number of halogens is 1. The van der Waals surface area contributed by atoms with E-state index in [0.29, 0.717) is 17.8 Å². The maximum absolute atomic E-state index is 12.9. The maximum Gasteiger partial charge on any atom is 0.242 e. The molecule has 3 aromatic carbocycles. The first-order valence-electron chi connectivity index (χ1n) is 11.4. The van der Waals surface area contributed by atoms with Crippen LogP contribution >= 0.6 is 15.9 Å². The van der Waals surface area contributed by atoms with Gasteiger partial charge in [-0.25, -0.2) is 26.5 Å². The van der Waals surface area contributed by atoms with Gasteiger partial charge in [-0.15, -0.1) is 0 Å². The first kappa shape index (κ1) is 25.6. The number of aromatic nitrogens is 2. The van der Waals surface area contributed by atoms with Crippen molar-refractivity contribution in [2.45, 2.75) is 28.9 Å². The largest absolute Gasteiger partial charge is 0.342 e. The summed E-state index contributed by atoms with van der Waals surface area (Å²) in [4.78, 5) is 19.7. The zero-order chi connectivity index (χ0) is 26.2. The summed E-state index contributed by atoms with van der Waals surface area (Å²) in [6.45, 7) is 0.0927. The number of sulfonamides is 2. The van der Waals surface area contributed by atoms with Gasteiger partial charge in [-0.3, -0.25) is 9.52 Å². The summed E-state index contributed by atoms with van der Waals surface area (Å²) >= 11 is 3.31. The summed E-state index contributed by atoms with van der Waals surface area (Å²) in [5, 5.41) is -0.919. The fourth-order valence-electron chi connectivity index (χ4n) is 4.34. The highest BCUT2D eigenvalue weighted by Gasteiger charge is 2.37. The smallest absolute Gasteiger partial charge is 0.242 e. The van der Waals surface area contributed by atoms with Crippen molar-refractivity contribution in [2.75, 3.05) is 6.54 Å². The maximum atomic E-state index is 12.9. The topological polar surface area (TPSA) is 138 Å². The number of aromatic amines is 1. The SMILES string of the molecule is O=C1CC(c2ccc(C[C@H](CNS(=O)(=O)c3ccc(Br)cc3)c3nc4ccccc4[nH]3)cc2)S(=O)(=O)N1. The highest BCUT2D eigenvalue weighted by atomic mass is 79.9. The molecule has 1 saturated heterocycles. The molecule has 4 aromatic rings. The Morgan fingerprint density at radius 2 is 1.73 bits per heavy atom. The number of fused-ring (bicyclic) bond motifs is 1. The van der Waals surface area contributed by atoms with E-state index in [1.165, 1.54) is 12.1 Å². The van der Waals surface area contributed by atoms with Crippen LogP contribution in [0.5, 0.6) is 0 Å². The monoisotopic (exact) mass is 602 g/mol. The van der Waals surface area contributed by atoms with E-state index in [0.717, 1.165) is 21.1 Å². The molecule has 12 heteroatoms. The summed E-state index contributed by atoms with van der Waals surface area (Å²) in [5.74, 6) is -0.212. The summed E-state index contributed by atoms with van der Waals surface area (Å²) < 4.78 is 55.8. The van der Waals surface area contributed by atoms with Gasteiger partial charge < -0.3 is 4.98 Å². The molecule has 0 radical (unpaired) electrons. The van der Waals surface area contributed by atoms with Crippen LogP contribution in [-0.4, -0.2) is 39.3 Å². The van der Waals surface area contributed by atoms with E-state index >= 15 is 0 Å². The molecule has 0 bridgehead atoms. The normalized spacial score (nSPS) is 18.1. The van der Waals surface area contributed by atoms with Gasteiger partial charge in [0.25, 0.3) is 0 Å². The van der Waals surface area contributed by atoms with Gasteiger partial charge in [0.1, 0.15) is 11.1 Å². The van der Waals surface area contributed by atoms with Gasteiger partial charge in [-0.05, 0) is 53.9 Å². The van der Waals surface area contributed by atoms with E-state index in [2.05, 4.69) is 30.6 Å². The minimum atomic E-state index is -3.76. The second kappa shape index (κ2) is 10.0. The van der Waals surface area contributed by atoms with Crippen LogP contribution in [-0.2, 0) is 31.3 Å². The van der Waals surface area contributed by atoms with Crippen molar-refractivity contribution in [3.63, 3.8) is 0 Å². The molecule has 2 atom stereocenters. The number of amides is 1. The first-order chi connectivity index (χ1) is 17.6. The van der Waals surface area contributed by atoms with E-state index in [1.807, 2.05) is 29.0 Å². The molecular weight excluding hydrogens is 580 g/mol. The second-order valence-electron chi connectivity index (χ2n) is 8.85. The Hall–Kier alpha value is -3.06. The number of H-pyrrole nitrogens is 1. The molecule has 5 rings (SSSR count). The summed E-state index contributed by atoms with van der Waals surface area (Å²) in [5.41, 5.74) is 3.01. The van der Waals surface area contributed by atoms with Crippen molar-refractivity contribution in [2.24, 2.45) is 0 Å². The molecule has 37 heavy (non-hydrogen) atoms.